The molecule has 0 atom stereocenters. The van der Waals surface area contributed by atoms with Crippen molar-refractivity contribution >= 4 is 11.3 Å². The maximum Gasteiger partial charge on any atom is 0.434 e. The van der Waals surface area contributed by atoms with Crippen LogP contribution in [0.5, 0.6) is 0 Å². The van der Waals surface area contributed by atoms with Gasteiger partial charge in [0, 0.05) is 6.54 Å². The molecule has 2 rings (SSSR count). The Morgan fingerprint density at radius 3 is 2.59 bits per heavy atom. The summed E-state index contributed by atoms with van der Waals surface area (Å²) in [5.74, 6) is 0.538. The zero-order valence-corrected chi connectivity index (χ0v) is 9.65. The summed E-state index contributed by atoms with van der Waals surface area (Å²) in [5, 5.41) is 0.282. The molecule has 0 saturated heterocycles. The van der Waals surface area contributed by atoms with Crippen molar-refractivity contribution in [3.8, 4) is 10.6 Å². The van der Waals surface area contributed by atoms with Crippen molar-refractivity contribution in [1.29, 1.82) is 0 Å². The van der Waals surface area contributed by atoms with Crippen LogP contribution >= 0.6 is 11.3 Å². The number of hydrogen-bond donors (Lipinski definition) is 1. The van der Waals surface area contributed by atoms with Crippen LogP contribution in [0.1, 0.15) is 16.3 Å². The minimum atomic E-state index is -4.47. The number of hydrogen-bond acceptors (Lipinski definition) is 4. The lowest BCUT2D eigenvalue weighted by Crippen LogP contribution is -2.10. The summed E-state index contributed by atoms with van der Waals surface area (Å²) in [4.78, 5) is 3.64. The largest absolute Gasteiger partial charge is 0.469 e. The molecule has 0 aliphatic rings. The van der Waals surface area contributed by atoms with Crippen molar-refractivity contribution < 1.29 is 17.6 Å². The topological polar surface area (TPSA) is 52.0 Å². The van der Waals surface area contributed by atoms with E-state index in [4.69, 9.17) is 10.2 Å². The molecule has 2 N–H and O–H groups in total. The second kappa shape index (κ2) is 4.15. The molecule has 2 aromatic heterocycles. The van der Waals surface area contributed by atoms with E-state index in [9.17, 15) is 13.2 Å². The van der Waals surface area contributed by atoms with Crippen LogP contribution in [0, 0.1) is 6.92 Å². The van der Waals surface area contributed by atoms with Crippen LogP contribution in [0.25, 0.3) is 10.6 Å². The monoisotopic (exact) mass is 262 g/mol. The summed E-state index contributed by atoms with van der Waals surface area (Å²) >= 11 is 0.942. The highest BCUT2D eigenvalue weighted by atomic mass is 32.1. The summed E-state index contributed by atoms with van der Waals surface area (Å²) in [7, 11) is 0. The fraction of sp³-hybridized carbons (Fsp3) is 0.300. The van der Waals surface area contributed by atoms with Gasteiger partial charge in [-0.25, -0.2) is 4.98 Å². The molecule has 0 spiro atoms. The highest BCUT2D eigenvalue weighted by molar-refractivity contribution is 7.15. The van der Waals surface area contributed by atoms with Gasteiger partial charge in [-0.1, -0.05) is 0 Å². The molecule has 2 heterocycles. The molecule has 3 nitrogen and oxygen atoms in total. The average molecular weight is 262 g/mol. The van der Waals surface area contributed by atoms with E-state index < -0.39 is 11.9 Å². The first-order chi connectivity index (χ1) is 7.93. The molecule has 92 valence electrons. The van der Waals surface area contributed by atoms with Gasteiger partial charge >= 0.3 is 6.18 Å². The van der Waals surface area contributed by atoms with E-state index in [0.717, 1.165) is 11.3 Å². The third-order valence-electron chi connectivity index (χ3n) is 2.24. The number of furan rings is 1. The smallest absolute Gasteiger partial charge is 0.434 e. The number of aromatic nitrogens is 1. The van der Waals surface area contributed by atoms with Crippen LogP contribution < -0.4 is 5.73 Å². The number of halogens is 3. The normalized spacial score (nSPS) is 12.1. The Hall–Kier alpha value is -1.34. The van der Waals surface area contributed by atoms with Crippen molar-refractivity contribution in [3.05, 3.63) is 28.7 Å². The molecule has 0 amide bonds. The standard InChI is InChI=1S/C10H9F3N2OS/c1-5-6(2-3-16-5)9-15-8(10(11,12)13)7(4-14)17-9/h2-3H,4,14H2,1H3. The number of alkyl halides is 3. The van der Waals surface area contributed by atoms with Crippen molar-refractivity contribution in [2.75, 3.05) is 0 Å². The predicted molar refractivity (Wildman–Crippen MR) is 57.4 cm³/mol. The van der Waals surface area contributed by atoms with E-state index in [1.165, 1.54) is 6.26 Å². The summed E-state index contributed by atoms with van der Waals surface area (Å²) in [5.41, 5.74) is 4.97. The summed E-state index contributed by atoms with van der Waals surface area (Å²) in [6.45, 7) is 1.50. The zero-order chi connectivity index (χ0) is 12.6. The zero-order valence-electron chi connectivity index (χ0n) is 8.84. The van der Waals surface area contributed by atoms with E-state index in [2.05, 4.69) is 4.98 Å². The average Bonchev–Trinajstić information content (AvgIpc) is 2.81. The second-order valence-electron chi connectivity index (χ2n) is 3.38. The van der Waals surface area contributed by atoms with E-state index in [1.54, 1.807) is 13.0 Å². The van der Waals surface area contributed by atoms with Crippen LogP contribution in [0.15, 0.2) is 16.7 Å². The van der Waals surface area contributed by atoms with Gasteiger partial charge in [0.25, 0.3) is 0 Å². The van der Waals surface area contributed by atoms with Gasteiger partial charge in [-0.3, -0.25) is 0 Å². The van der Waals surface area contributed by atoms with Crippen LogP contribution in [0.2, 0.25) is 0 Å². The molecule has 0 aliphatic carbocycles. The van der Waals surface area contributed by atoms with Crippen molar-refractivity contribution in [3.63, 3.8) is 0 Å². The Labute approximate surface area is 99.1 Å². The van der Waals surface area contributed by atoms with E-state index >= 15 is 0 Å². The molecule has 0 radical (unpaired) electrons. The number of thiazole rings is 1. The quantitative estimate of drug-likeness (QED) is 0.904. The Kier molecular flexibility index (Phi) is 2.96. The minimum Gasteiger partial charge on any atom is -0.469 e. The molecule has 0 fully saturated rings. The fourth-order valence-electron chi connectivity index (χ4n) is 1.43. The van der Waals surface area contributed by atoms with Gasteiger partial charge in [-0.2, -0.15) is 13.2 Å². The molecule has 0 aliphatic heterocycles. The molecule has 2 aromatic rings. The van der Waals surface area contributed by atoms with Crippen molar-refractivity contribution in [2.24, 2.45) is 5.73 Å². The second-order valence-corrected chi connectivity index (χ2v) is 4.47. The van der Waals surface area contributed by atoms with Crippen LogP contribution in [-0.4, -0.2) is 4.98 Å². The van der Waals surface area contributed by atoms with E-state index in [-0.39, 0.29) is 16.4 Å². The van der Waals surface area contributed by atoms with Crippen LogP contribution in [0.3, 0.4) is 0 Å². The molecule has 0 saturated carbocycles. The van der Waals surface area contributed by atoms with E-state index in [1.807, 2.05) is 0 Å². The molecular weight excluding hydrogens is 253 g/mol. The third-order valence-corrected chi connectivity index (χ3v) is 3.35. The van der Waals surface area contributed by atoms with E-state index in [0.29, 0.717) is 11.3 Å². The first-order valence-corrected chi connectivity index (χ1v) is 5.56. The van der Waals surface area contributed by atoms with Crippen LogP contribution in [-0.2, 0) is 12.7 Å². The molecule has 0 unspecified atom stereocenters. The fourth-order valence-corrected chi connectivity index (χ4v) is 2.47. The molecular formula is C10H9F3N2OS. The summed E-state index contributed by atoms with van der Waals surface area (Å²) in [6.07, 6.45) is -3.05. The molecule has 0 aromatic carbocycles. The SMILES string of the molecule is Cc1occc1-c1nc(C(F)(F)F)c(CN)s1. The Bertz CT molecular complexity index is 530. The van der Waals surface area contributed by atoms with Crippen molar-refractivity contribution in [2.45, 2.75) is 19.6 Å². The number of nitrogens with two attached hydrogens (primary N) is 1. The predicted octanol–water partition coefficient (Wildman–Crippen LogP) is 3.19. The lowest BCUT2D eigenvalue weighted by Gasteiger charge is -2.03. The Balaban J connectivity index is 2.52. The number of aryl methyl sites for hydroxylation is 1. The summed E-state index contributed by atoms with van der Waals surface area (Å²) in [6, 6.07) is 1.59. The van der Waals surface area contributed by atoms with Gasteiger partial charge < -0.3 is 10.2 Å². The Morgan fingerprint density at radius 1 is 1.47 bits per heavy atom. The minimum absolute atomic E-state index is 0.0353. The number of rotatable bonds is 2. The van der Waals surface area contributed by atoms with Crippen molar-refractivity contribution in [1.82, 2.24) is 4.98 Å². The number of nitrogens with zero attached hydrogens (tertiary/aromatic N) is 1. The van der Waals surface area contributed by atoms with Crippen LogP contribution in [0.4, 0.5) is 13.2 Å². The summed E-state index contributed by atoms with van der Waals surface area (Å²) < 4.78 is 43.0. The maximum atomic E-state index is 12.7. The van der Waals surface area contributed by atoms with Gasteiger partial charge in [-0.15, -0.1) is 11.3 Å². The highest BCUT2D eigenvalue weighted by Crippen LogP contribution is 2.38. The van der Waals surface area contributed by atoms with Gasteiger partial charge in [0.1, 0.15) is 10.8 Å². The Morgan fingerprint density at radius 2 is 2.18 bits per heavy atom. The molecule has 7 heteroatoms. The lowest BCUT2D eigenvalue weighted by molar-refractivity contribution is -0.141. The van der Waals surface area contributed by atoms with Gasteiger partial charge in [-0.05, 0) is 13.0 Å². The molecule has 17 heavy (non-hydrogen) atoms. The molecule has 0 bridgehead atoms. The highest BCUT2D eigenvalue weighted by Gasteiger charge is 2.37. The van der Waals surface area contributed by atoms with Gasteiger partial charge in [0.15, 0.2) is 5.69 Å². The third kappa shape index (κ3) is 2.20. The maximum absolute atomic E-state index is 12.7. The van der Waals surface area contributed by atoms with Gasteiger partial charge in [0.05, 0.1) is 16.7 Å². The van der Waals surface area contributed by atoms with Gasteiger partial charge in [0.2, 0.25) is 0 Å². The first kappa shape index (κ1) is 12.1. The first-order valence-electron chi connectivity index (χ1n) is 4.75. The lowest BCUT2D eigenvalue weighted by atomic mass is 10.3.